The largest absolute Gasteiger partial charge is 0.462 e. The van der Waals surface area contributed by atoms with Crippen molar-refractivity contribution >= 4 is 11.4 Å². The van der Waals surface area contributed by atoms with E-state index in [2.05, 4.69) is 0 Å². The minimum atomic E-state index is 0.0896. The summed E-state index contributed by atoms with van der Waals surface area (Å²) < 4.78 is 5.54. The Morgan fingerprint density at radius 1 is 1.28 bits per heavy atom. The van der Waals surface area contributed by atoms with Crippen LogP contribution in [0.1, 0.15) is 5.56 Å². The van der Waals surface area contributed by atoms with Crippen LogP contribution in [0.25, 0.3) is 11.3 Å². The van der Waals surface area contributed by atoms with Crippen molar-refractivity contribution in [1.29, 1.82) is 0 Å². The molecule has 0 amide bonds. The van der Waals surface area contributed by atoms with Crippen LogP contribution < -0.4 is 10.6 Å². The maximum absolute atomic E-state index is 9.02. The Balaban J connectivity index is 2.50. The van der Waals surface area contributed by atoms with Crippen molar-refractivity contribution in [1.82, 2.24) is 0 Å². The predicted molar refractivity (Wildman–Crippen MR) is 73.7 cm³/mol. The molecule has 2 rings (SSSR count). The summed E-state index contributed by atoms with van der Waals surface area (Å²) in [5.74, 6) is 0.761. The molecule has 0 unspecified atom stereocenters. The van der Waals surface area contributed by atoms with Crippen LogP contribution >= 0.6 is 0 Å². The van der Waals surface area contributed by atoms with E-state index in [1.807, 2.05) is 43.3 Å². The molecule has 0 aliphatic rings. The maximum Gasteiger partial charge on any atom is 0.159 e. The van der Waals surface area contributed by atoms with Gasteiger partial charge in [-0.1, -0.05) is 12.1 Å². The van der Waals surface area contributed by atoms with E-state index in [4.69, 9.17) is 15.3 Å². The number of aliphatic hydroxyl groups is 1. The molecule has 0 saturated heterocycles. The molecule has 1 heterocycles. The second-order valence-corrected chi connectivity index (χ2v) is 4.38. The van der Waals surface area contributed by atoms with E-state index in [9.17, 15) is 0 Å². The second-order valence-electron chi connectivity index (χ2n) is 4.38. The number of para-hydroxylation sites is 1. The number of aliphatic hydroxyl groups excluding tert-OH is 1. The third kappa shape index (κ3) is 2.19. The normalized spacial score (nSPS) is 10.6. The highest BCUT2D eigenvalue weighted by Gasteiger charge is 2.14. The molecular formula is C14H18N2O2. The number of nitrogens with two attached hydrogens (primary N) is 1. The molecule has 1 aromatic heterocycles. The van der Waals surface area contributed by atoms with Gasteiger partial charge >= 0.3 is 0 Å². The van der Waals surface area contributed by atoms with E-state index >= 15 is 0 Å². The predicted octanol–water partition coefficient (Wildman–Crippen LogP) is 2.13. The number of nitrogens with zero attached hydrogens (tertiary/aromatic N) is 1. The van der Waals surface area contributed by atoms with Crippen LogP contribution in [-0.4, -0.2) is 25.8 Å². The van der Waals surface area contributed by atoms with Gasteiger partial charge in [0.2, 0.25) is 0 Å². The molecule has 4 nitrogen and oxygen atoms in total. The molecule has 0 radical (unpaired) electrons. The van der Waals surface area contributed by atoms with Crippen LogP contribution in [0.15, 0.2) is 34.9 Å². The Kier molecular flexibility index (Phi) is 3.58. The van der Waals surface area contributed by atoms with Crippen molar-refractivity contribution in [2.75, 3.05) is 31.3 Å². The number of nitrogen functional groups attached to an aromatic ring is 1. The summed E-state index contributed by atoms with van der Waals surface area (Å²) in [6.07, 6.45) is 2.21. The van der Waals surface area contributed by atoms with E-state index < -0.39 is 0 Å². The van der Waals surface area contributed by atoms with E-state index in [0.29, 0.717) is 12.1 Å². The van der Waals surface area contributed by atoms with Gasteiger partial charge in [0.25, 0.3) is 0 Å². The summed E-state index contributed by atoms with van der Waals surface area (Å²) in [6.45, 7) is 0.0896. The maximum atomic E-state index is 9.02. The lowest BCUT2D eigenvalue weighted by Crippen LogP contribution is -2.09. The van der Waals surface area contributed by atoms with Gasteiger partial charge in [-0.3, -0.25) is 0 Å². The van der Waals surface area contributed by atoms with Crippen molar-refractivity contribution in [2.24, 2.45) is 0 Å². The number of hydrogen-bond donors (Lipinski definition) is 2. The highest BCUT2D eigenvalue weighted by molar-refractivity contribution is 5.83. The third-order valence-corrected chi connectivity index (χ3v) is 2.95. The van der Waals surface area contributed by atoms with Crippen LogP contribution in [0.5, 0.6) is 0 Å². The number of benzene rings is 1. The van der Waals surface area contributed by atoms with Gasteiger partial charge in [-0.2, -0.15) is 0 Å². The number of furan rings is 1. The van der Waals surface area contributed by atoms with Crippen LogP contribution in [0.2, 0.25) is 0 Å². The molecule has 18 heavy (non-hydrogen) atoms. The average Bonchev–Trinajstić information content (AvgIpc) is 2.81. The van der Waals surface area contributed by atoms with E-state index in [-0.39, 0.29) is 6.61 Å². The molecule has 96 valence electrons. The Bertz CT molecular complexity index is 532. The Labute approximate surface area is 107 Å². The van der Waals surface area contributed by atoms with Gasteiger partial charge in [-0.25, -0.2) is 0 Å². The zero-order valence-corrected chi connectivity index (χ0v) is 10.7. The second kappa shape index (κ2) is 5.14. The SMILES string of the molecule is CN(C)c1ccoc1-c1cccc(CCO)c1N. The topological polar surface area (TPSA) is 62.6 Å². The Morgan fingerprint density at radius 2 is 2.06 bits per heavy atom. The number of rotatable bonds is 4. The summed E-state index contributed by atoms with van der Waals surface area (Å²) in [6, 6.07) is 7.70. The van der Waals surface area contributed by atoms with Crippen LogP contribution in [0, 0.1) is 0 Å². The zero-order valence-electron chi connectivity index (χ0n) is 10.7. The van der Waals surface area contributed by atoms with Gasteiger partial charge in [0.05, 0.1) is 12.0 Å². The first kappa shape index (κ1) is 12.5. The Hall–Kier alpha value is -1.94. The van der Waals surface area contributed by atoms with Crippen molar-refractivity contribution in [3.63, 3.8) is 0 Å². The van der Waals surface area contributed by atoms with Crippen molar-refractivity contribution < 1.29 is 9.52 Å². The highest BCUT2D eigenvalue weighted by atomic mass is 16.3. The first-order valence-electron chi connectivity index (χ1n) is 5.88. The van der Waals surface area contributed by atoms with Crippen LogP contribution in [0.4, 0.5) is 11.4 Å². The molecule has 0 atom stereocenters. The van der Waals surface area contributed by atoms with Gasteiger partial charge < -0.3 is 20.2 Å². The summed E-state index contributed by atoms with van der Waals surface area (Å²) in [5.41, 5.74) is 9.61. The quantitative estimate of drug-likeness (QED) is 0.811. The van der Waals surface area contributed by atoms with E-state index in [1.165, 1.54) is 0 Å². The summed E-state index contributed by atoms with van der Waals surface area (Å²) in [5, 5.41) is 9.02. The molecule has 0 spiro atoms. The van der Waals surface area contributed by atoms with Crippen LogP contribution in [0.3, 0.4) is 0 Å². The molecule has 2 aromatic rings. The molecule has 0 saturated carbocycles. The molecular weight excluding hydrogens is 228 g/mol. The van der Waals surface area contributed by atoms with Gasteiger partial charge in [0.15, 0.2) is 5.76 Å². The van der Waals surface area contributed by atoms with Crippen LogP contribution in [-0.2, 0) is 6.42 Å². The standard InChI is InChI=1S/C14H18N2O2/c1-16(2)12-7-9-18-14(12)11-5-3-4-10(6-8-17)13(11)15/h3-5,7,9,17H,6,8,15H2,1-2H3. The lowest BCUT2D eigenvalue weighted by Gasteiger charge is -2.14. The van der Waals surface area contributed by atoms with Gasteiger partial charge in [-0.15, -0.1) is 0 Å². The van der Waals surface area contributed by atoms with Crippen molar-refractivity contribution in [3.8, 4) is 11.3 Å². The lowest BCUT2D eigenvalue weighted by molar-refractivity contribution is 0.300. The summed E-state index contributed by atoms with van der Waals surface area (Å²) in [4.78, 5) is 1.98. The molecule has 0 bridgehead atoms. The fraction of sp³-hybridized carbons (Fsp3) is 0.286. The monoisotopic (exact) mass is 246 g/mol. The third-order valence-electron chi connectivity index (χ3n) is 2.95. The molecule has 0 aliphatic carbocycles. The summed E-state index contributed by atoms with van der Waals surface area (Å²) in [7, 11) is 3.92. The molecule has 4 heteroatoms. The lowest BCUT2D eigenvalue weighted by atomic mass is 10.0. The minimum absolute atomic E-state index is 0.0896. The molecule has 1 aromatic carbocycles. The van der Waals surface area contributed by atoms with Crippen molar-refractivity contribution in [2.45, 2.75) is 6.42 Å². The van der Waals surface area contributed by atoms with E-state index in [1.54, 1.807) is 6.26 Å². The van der Waals surface area contributed by atoms with Crippen molar-refractivity contribution in [3.05, 3.63) is 36.1 Å². The highest BCUT2D eigenvalue weighted by Crippen LogP contribution is 2.36. The first-order valence-corrected chi connectivity index (χ1v) is 5.88. The van der Waals surface area contributed by atoms with E-state index in [0.717, 1.165) is 22.6 Å². The number of anilines is 2. The summed E-state index contributed by atoms with van der Waals surface area (Å²) >= 11 is 0. The number of hydrogen-bond acceptors (Lipinski definition) is 4. The Morgan fingerprint density at radius 3 is 2.72 bits per heavy atom. The minimum Gasteiger partial charge on any atom is -0.462 e. The molecule has 0 aliphatic heterocycles. The van der Waals surface area contributed by atoms with Gasteiger partial charge in [-0.05, 0) is 18.1 Å². The molecule has 3 N–H and O–H groups in total. The molecule has 0 fully saturated rings. The smallest absolute Gasteiger partial charge is 0.159 e. The average molecular weight is 246 g/mol. The fourth-order valence-corrected chi connectivity index (χ4v) is 2.01. The van der Waals surface area contributed by atoms with Gasteiger partial charge in [0, 0.05) is 38.0 Å². The zero-order chi connectivity index (χ0) is 13.1. The first-order chi connectivity index (χ1) is 8.65. The van der Waals surface area contributed by atoms with Gasteiger partial charge in [0.1, 0.15) is 0 Å². The fourth-order valence-electron chi connectivity index (χ4n) is 2.01.